The summed E-state index contributed by atoms with van der Waals surface area (Å²) >= 11 is 4.79. The highest BCUT2D eigenvalue weighted by Gasteiger charge is 2.14. The zero-order chi connectivity index (χ0) is 16.1. The van der Waals surface area contributed by atoms with Crippen LogP contribution in [0.5, 0.6) is 0 Å². The number of benzene rings is 1. The number of hydrogen-bond donors (Lipinski definition) is 1. The van der Waals surface area contributed by atoms with E-state index in [0.29, 0.717) is 29.9 Å². The van der Waals surface area contributed by atoms with Crippen LogP contribution in [-0.4, -0.2) is 29.8 Å². The minimum atomic E-state index is -0.186. The molecular weight excluding hydrogens is 364 g/mol. The van der Waals surface area contributed by atoms with E-state index in [-0.39, 0.29) is 11.8 Å². The molecule has 1 aromatic heterocycles. The molecule has 2 amide bonds. The van der Waals surface area contributed by atoms with Gasteiger partial charge in [0.05, 0.1) is 9.35 Å². The molecule has 0 radical (unpaired) electrons. The number of carbonyl (C=O) groups excluding carboxylic acids is 2. The largest absolute Gasteiger partial charge is 0.339 e. The van der Waals surface area contributed by atoms with Crippen molar-refractivity contribution in [2.45, 2.75) is 13.8 Å². The van der Waals surface area contributed by atoms with E-state index in [1.54, 1.807) is 40.6 Å². The second-order valence-corrected chi connectivity index (χ2v) is 6.94. The van der Waals surface area contributed by atoms with Crippen LogP contribution in [-0.2, 0) is 0 Å². The van der Waals surface area contributed by atoms with Gasteiger partial charge in [-0.2, -0.15) is 0 Å². The average molecular weight is 381 g/mol. The average Bonchev–Trinajstić information content (AvgIpc) is 2.95. The van der Waals surface area contributed by atoms with Gasteiger partial charge in [-0.15, -0.1) is 11.3 Å². The normalized spacial score (nSPS) is 10.3. The molecule has 22 heavy (non-hydrogen) atoms. The van der Waals surface area contributed by atoms with Crippen molar-refractivity contribution in [1.82, 2.24) is 4.90 Å². The van der Waals surface area contributed by atoms with E-state index in [4.69, 9.17) is 0 Å². The molecule has 4 nitrogen and oxygen atoms in total. The van der Waals surface area contributed by atoms with Gasteiger partial charge in [0.1, 0.15) is 0 Å². The van der Waals surface area contributed by atoms with Crippen LogP contribution < -0.4 is 5.32 Å². The third kappa shape index (κ3) is 3.96. The summed E-state index contributed by atoms with van der Waals surface area (Å²) in [7, 11) is 0. The van der Waals surface area contributed by atoms with Gasteiger partial charge in [0, 0.05) is 29.7 Å². The highest BCUT2D eigenvalue weighted by Crippen LogP contribution is 2.22. The monoisotopic (exact) mass is 380 g/mol. The van der Waals surface area contributed by atoms with Gasteiger partial charge >= 0.3 is 0 Å². The quantitative estimate of drug-likeness (QED) is 0.842. The fourth-order valence-corrected chi connectivity index (χ4v) is 3.19. The van der Waals surface area contributed by atoms with E-state index in [1.165, 1.54) is 11.3 Å². The van der Waals surface area contributed by atoms with E-state index in [1.807, 2.05) is 13.8 Å². The summed E-state index contributed by atoms with van der Waals surface area (Å²) in [6, 6.07) is 8.79. The van der Waals surface area contributed by atoms with Crippen LogP contribution >= 0.6 is 27.3 Å². The van der Waals surface area contributed by atoms with E-state index in [9.17, 15) is 9.59 Å². The summed E-state index contributed by atoms with van der Waals surface area (Å²) < 4.78 is 0.906. The highest BCUT2D eigenvalue weighted by molar-refractivity contribution is 9.11. The second kappa shape index (κ2) is 7.56. The SMILES string of the molecule is CCN(CC)C(=O)c1cccc(NC(=O)c2csc(Br)c2)c1. The first-order valence-electron chi connectivity index (χ1n) is 6.99. The van der Waals surface area contributed by atoms with Gasteiger partial charge in [-0.1, -0.05) is 6.07 Å². The fourth-order valence-electron chi connectivity index (χ4n) is 2.06. The summed E-state index contributed by atoms with van der Waals surface area (Å²) in [5.74, 6) is -0.214. The van der Waals surface area contributed by atoms with Crippen molar-refractivity contribution in [3.05, 3.63) is 50.6 Å². The minimum Gasteiger partial charge on any atom is -0.339 e. The lowest BCUT2D eigenvalue weighted by Gasteiger charge is -2.19. The molecule has 0 aliphatic heterocycles. The Morgan fingerprint density at radius 2 is 1.91 bits per heavy atom. The number of halogens is 1. The van der Waals surface area contributed by atoms with Crippen LogP contribution in [0.25, 0.3) is 0 Å². The van der Waals surface area contributed by atoms with Gasteiger partial charge in [0.15, 0.2) is 0 Å². The highest BCUT2D eigenvalue weighted by atomic mass is 79.9. The summed E-state index contributed by atoms with van der Waals surface area (Å²) in [5, 5.41) is 4.60. The van der Waals surface area contributed by atoms with Gasteiger partial charge in [-0.3, -0.25) is 9.59 Å². The van der Waals surface area contributed by atoms with Crippen molar-refractivity contribution < 1.29 is 9.59 Å². The Morgan fingerprint density at radius 3 is 2.50 bits per heavy atom. The Balaban J connectivity index is 2.15. The molecule has 0 aliphatic carbocycles. The molecule has 2 rings (SSSR count). The second-order valence-electron chi connectivity index (χ2n) is 4.65. The van der Waals surface area contributed by atoms with Crippen molar-refractivity contribution >= 4 is 44.8 Å². The Labute approximate surface area is 142 Å². The molecule has 0 unspecified atom stereocenters. The van der Waals surface area contributed by atoms with Crippen molar-refractivity contribution in [2.75, 3.05) is 18.4 Å². The maximum atomic E-state index is 12.3. The number of nitrogens with one attached hydrogen (secondary N) is 1. The zero-order valence-corrected chi connectivity index (χ0v) is 14.8. The first-order chi connectivity index (χ1) is 10.5. The maximum Gasteiger partial charge on any atom is 0.256 e. The molecule has 116 valence electrons. The predicted molar refractivity (Wildman–Crippen MR) is 93.7 cm³/mol. The van der Waals surface area contributed by atoms with Gasteiger partial charge in [-0.25, -0.2) is 0 Å². The van der Waals surface area contributed by atoms with E-state index in [0.717, 1.165) is 3.79 Å². The third-order valence-corrected chi connectivity index (χ3v) is 4.75. The number of thiophene rings is 1. The molecule has 0 saturated heterocycles. The van der Waals surface area contributed by atoms with Crippen LogP contribution in [0.1, 0.15) is 34.6 Å². The number of rotatable bonds is 5. The molecule has 0 aliphatic rings. The van der Waals surface area contributed by atoms with Crippen LogP contribution in [0.3, 0.4) is 0 Å². The molecule has 1 heterocycles. The number of hydrogen-bond acceptors (Lipinski definition) is 3. The standard InChI is InChI=1S/C16H17BrN2O2S/c1-3-19(4-2)16(21)11-6-5-7-13(8-11)18-15(20)12-9-14(17)22-10-12/h5-10H,3-4H2,1-2H3,(H,18,20). The Kier molecular flexibility index (Phi) is 5.74. The third-order valence-electron chi connectivity index (χ3n) is 3.25. The Morgan fingerprint density at radius 1 is 1.18 bits per heavy atom. The maximum absolute atomic E-state index is 12.3. The van der Waals surface area contributed by atoms with Crippen LogP contribution in [0.4, 0.5) is 5.69 Å². The molecule has 0 fully saturated rings. The number of nitrogens with zero attached hydrogens (tertiary/aromatic N) is 1. The van der Waals surface area contributed by atoms with E-state index in [2.05, 4.69) is 21.2 Å². The zero-order valence-electron chi connectivity index (χ0n) is 12.4. The lowest BCUT2D eigenvalue weighted by Crippen LogP contribution is -2.30. The summed E-state index contributed by atoms with van der Waals surface area (Å²) in [4.78, 5) is 26.2. The predicted octanol–water partition coefficient (Wildman–Crippen LogP) is 4.24. The Hall–Kier alpha value is -1.66. The van der Waals surface area contributed by atoms with E-state index >= 15 is 0 Å². The number of anilines is 1. The molecule has 0 atom stereocenters. The first-order valence-corrected chi connectivity index (χ1v) is 8.67. The molecular formula is C16H17BrN2O2S. The minimum absolute atomic E-state index is 0.0284. The molecule has 6 heteroatoms. The summed E-state index contributed by atoms with van der Waals surface area (Å²) in [6.45, 7) is 5.21. The van der Waals surface area contributed by atoms with Crippen molar-refractivity contribution in [2.24, 2.45) is 0 Å². The van der Waals surface area contributed by atoms with Crippen LogP contribution in [0, 0.1) is 0 Å². The molecule has 1 aromatic carbocycles. The number of amides is 2. The van der Waals surface area contributed by atoms with Gasteiger partial charge in [0.25, 0.3) is 11.8 Å². The molecule has 0 spiro atoms. The molecule has 0 bridgehead atoms. The van der Waals surface area contributed by atoms with Gasteiger partial charge < -0.3 is 10.2 Å². The van der Waals surface area contributed by atoms with Crippen LogP contribution in [0.15, 0.2) is 39.5 Å². The number of carbonyl (C=O) groups is 2. The molecule has 2 aromatic rings. The smallest absolute Gasteiger partial charge is 0.256 e. The molecule has 0 saturated carbocycles. The summed E-state index contributed by atoms with van der Waals surface area (Å²) in [6.07, 6.45) is 0. The van der Waals surface area contributed by atoms with Gasteiger partial charge in [0.2, 0.25) is 0 Å². The lowest BCUT2D eigenvalue weighted by atomic mass is 10.1. The van der Waals surface area contributed by atoms with Crippen molar-refractivity contribution in [3.8, 4) is 0 Å². The summed E-state index contributed by atoms with van der Waals surface area (Å²) in [5.41, 5.74) is 1.79. The molecule has 1 N–H and O–H groups in total. The Bertz CT molecular complexity index is 680. The van der Waals surface area contributed by atoms with Gasteiger partial charge in [-0.05, 0) is 54.0 Å². The van der Waals surface area contributed by atoms with Crippen molar-refractivity contribution in [1.29, 1.82) is 0 Å². The van der Waals surface area contributed by atoms with Crippen LogP contribution in [0.2, 0.25) is 0 Å². The fraction of sp³-hybridized carbons (Fsp3) is 0.250. The topological polar surface area (TPSA) is 49.4 Å². The lowest BCUT2D eigenvalue weighted by molar-refractivity contribution is 0.0772. The van der Waals surface area contributed by atoms with E-state index < -0.39 is 0 Å². The first kappa shape index (κ1) is 16.7. The van der Waals surface area contributed by atoms with Crippen molar-refractivity contribution in [3.63, 3.8) is 0 Å².